The number of hydrogen-bond donors (Lipinski definition) is 1. The fraction of sp³-hybridized carbons (Fsp3) is 0.875. The van der Waals surface area contributed by atoms with Gasteiger partial charge in [0.15, 0.2) is 0 Å². The number of aromatic nitrogens is 4. The summed E-state index contributed by atoms with van der Waals surface area (Å²) in [7, 11) is 0. The summed E-state index contributed by atoms with van der Waals surface area (Å²) in [4.78, 5) is 2.43. The fourth-order valence-electron chi connectivity index (χ4n) is 1.63. The lowest BCUT2D eigenvalue weighted by Gasteiger charge is -2.26. The zero-order valence-corrected chi connectivity index (χ0v) is 8.48. The summed E-state index contributed by atoms with van der Waals surface area (Å²) in [6.07, 6.45) is 0. The van der Waals surface area contributed by atoms with Crippen molar-refractivity contribution >= 4 is 0 Å². The highest BCUT2D eigenvalue weighted by Gasteiger charge is 2.09. The van der Waals surface area contributed by atoms with E-state index in [1.165, 1.54) is 0 Å². The Morgan fingerprint density at radius 2 is 2.07 bits per heavy atom. The van der Waals surface area contributed by atoms with Crippen LogP contribution in [0.25, 0.3) is 0 Å². The third-order valence-corrected chi connectivity index (χ3v) is 2.55. The summed E-state index contributed by atoms with van der Waals surface area (Å²) in [6, 6.07) is 0. The molecule has 0 atom stereocenters. The normalized spacial score (nSPS) is 18.6. The number of piperazine rings is 1. The van der Waals surface area contributed by atoms with E-state index in [-0.39, 0.29) is 0 Å². The van der Waals surface area contributed by atoms with Crippen LogP contribution in [0.5, 0.6) is 0 Å². The maximum absolute atomic E-state index is 3.91. The van der Waals surface area contributed by atoms with Gasteiger partial charge in [-0.15, -0.1) is 5.10 Å². The minimum atomic E-state index is 0.888. The van der Waals surface area contributed by atoms with Crippen LogP contribution in [0.15, 0.2) is 0 Å². The third-order valence-electron chi connectivity index (χ3n) is 2.55. The van der Waals surface area contributed by atoms with Crippen LogP contribution in [0, 0.1) is 6.92 Å². The van der Waals surface area contributed by atoms with Gasteiger partial charge >= 0.3 is 0 Å². The predicted molar refractivity (Wildman–Crippen MR) is 51.9 cm³/mol. The Hall–Kier alpha value is -1.01. The van der Waals surface area contributed by atoms with Crippen LogP contribution < -0.4 is 5.32 Å². The summed E-state index contributed by atoms with van der Waals surface area (Å²) in [6.45, 7) is 8.29. The molecular weight excluding hydrogens is 180 g/mol. The van der Waals surface area contributed by atoms with E-state index in [0.29, 0.717) is 0 Å². The first-order chi connectivity index (χ1) is 6.86. The van der Waals surface area contributed by atoms with Crippen molar-refractivity contribution in [2.75, 3.05) is 32.7 Å². The van der Waals surface area contributed by atoms with Gasteiger partial charge in [0, 0.05) is 32.7 Å². The Morgan fingerprint density at radius 3 is 2.71 bits per heavy atom. The van der Waals surface area contributed by atoms with Gasteiger partial charge in [0.1, 0.15) is 5.82 Å². The molecule has 6 heteroatoms. The van der Waals surface area contributed by atoms with Gasteiger partial charge in [0.2, 0.25) is 0 Å². The molecule has 2 heterocycles. The molecule has 1 N–H and O–H groups in total. The summed E-state index contributed by atoms with van der Waals surface area (Å²) in [5.74, 6) is 0.889. The molecule has 0 radical (unpaired) electrons. The van der Waals surface area contributed by atoms with Gasteiger partial charge in [-0.2, -0.15) is 0 Å². The van der Waals surface area contributed by atoms with Gasteiger partial charge in [-0.1, -0.05) is 0 Å². The van der Waals surface area contributed by atoms with E-state index in [1.807, 2.05) is 11.6 Å². The fourth-order valence-corrected chi connectivity index (χ4v) is 1.63. The van der Waals surface area contributed by atoms with E-state index in [0.717, 1.165) is 45.1 Å². The molecule has 1 aliphatic heterocycles. The van der Waals surface area contributed by atoms with Crippen LogP contribution in [0.3, 0.4) is 0 Å². The van der Waals surface area contributed by atoms with E-state index in [4.69, 9.17) is 0 Å². The summed E-state index contributed by atoms with van der Waals surface area (Å²) in [5, 5.41) is 14.7. The molecule has 0 bridgehead atoms. The van der Waals surface area contributed by atoms with Crippen molar-refractivity contribution in [1.29, 1.82) is 0 Å². The number of rotatable bonds is 3. The Labute approximate surface area is 83.3 Å². The highest BCUT2D eigenvalue weighted by molar-refractivity contribution is 4.74. The Bertz CT molecular complexity index is 277. The SMILES string of the molecule is Cc1nnnn1CCN1CCNCC1. The molecule has 1 aliphatic rings. The number of nitrogens with one attached hydrogen (secondary N) is 1. The van der Waals surface area contributed by atoms with Gasteiger partial charge in [0.25, 0.3) is 0 Å². The monoisotopic (exact) mass is 196 g/mol. The smallest absolute Gasteiger partial charge is 0.148 e. The topological polar surface area (TPSA) is 58.9 Å². The molecule has 1 aromatic heterocycles. The molecule has 1 aromatic rings. The van der Waals surface area contributed by atoms with Crippen molar-refractivity contribution in [2.45, 2.75) is 13.5 Å². The predicted octanol–water partition coefficient (Wildman–Crippen LogP) is -1.11. The number of nitrogens with zero attached hydrogens (tertiary/aromatic N) is 5. The number of aryl methyl sites for hydroxylation is 1. The molecule has 14 heavy (non-hydrogen) atoms. The first kappa shape index (κ1) is 9.54. The lowest BCUT2D eigenvalue weighted by atomic mass is 10.3. The van der Waals surface area contributed by atoms with E-state index >= 15 is 0 Å². The zero-order valence-electron chi connectivity index (χ0n) is 8.48. The van der Waals surface area contributed by atoms with Crippen molar-refractivity contribution in [3.05, 3.63) is 5.82 Å². The summed E-state index contributed by atoms with van der Waals surface area (Å²) in [5.41, 5.74) is 0. The van der Waals surface area contributed by atoms with Crippen LogP contribution in [0.1, 0.15) is 5.82 Å². The standard InChI is InChI=1S/C8H16N6/c1-8-10-11-12-14(8)7-6-13-4-2-9-3-5-13/h9H,2-7H2,1H3. The second-order valence-electron chi connectivity index (χ2n) is 3.54. The highest BCUT2D eigenvalue weighted by atomic mass is 15.5. The summed E-state index contributed by atoms with van der Waals surface area (Å²) < 4.78 is 1.85. The summed E-state index contributed by atoms with van der Waals surface area (Å²) >= 11 is 0. The Morgan fingerprint density at radius 1 is 1.29 bits per heavy atom. The minimum Gasteiger partial charge on any atom is -0.314 e. The lowest BCUT2D eigenvalue weighted by Crippen LogP contribution is -2.44. The second kappa shape index (κ2) is 4.47. The molecule has 0 aromatic carbocycles. The van der Waals surface area contributed by atoms with Gasteiger partial charge in [-0.25, -0.2) is 4.68 Å². The zero-order chi connectivity index (χ0) is 9.80. The largest absolute Gasteiger partial charge is 0.314 e. The molecule has 6 nitrogen and oxygen atoms in total. The quantitative estimate of drug-likeness (QED) is 0.664. The minimum absolute atomic E-state index is 0.888. The van der Waals surface area contributed by atoms with Crippen LogP contribution in [-0.2, 0) is 6.54 Å². The van der Waals surface area contributed by atoms with Gasteiger partial charge in [-0.3, -0.25) is 4.90 Å². The van der Waals surface area contributed by atoms with Crippen molar-refractivity contribution in [2.24, 2.45) is 0 Å². The maximum atomic E-state index is 3.91. The van der Waals surface area contributed by atoms with Gasteiger partial charge < -0.3 is 5.32 Å². The Balaban J connectivity index is 1.79. The average Bonchev–Trinajstić information content (AvgIpc) is 2.63. The van der Waals surface area contributed by atoms with Crippen LogP contribution in [0.2, 0.25) is 0 Å². The molecule has 0 spiro atoms. The number of hydrogen-bond acceptors (Lipinski definition) is 5. The first-order valence-electron chi connectivity index (χ1n) is 5.02. The van der Waals surface area contributed by atoms with Crippen molar-refractivity contribution in [1.82, 2.24) is 30.4 Å². The molecular formula is C8H16N6. The molecule has 0 saturated carbocycles. The van der Waals surface area contributed by atoms with Gasteiger partial charge in [0.05, 0.1) is 6.54 Å². The lowest BCUT2D eigenvalue weighted by molar-refractivity contribution is 0.228. The van der Waals surface area contributed by atoms with E-state index in [9.17, 15) is 0 Å². The van der Waals surface area contributed by atoms with Crippen LogP contribution >= 0.6 is 0 Å². The van der Waals surface area contributed by atoms with Crippen molar-refractivity contribution in [3.8, 4) is 0 Å². The molecule has 2 rings (SSSR count). The molecule has 1 saturated heterocycles. The van der Waals surface area contributed by atoms with E-state index < -0.39 is 0 Å². The molecule has 0 amide bonds. The third kappa shape index (κ3) is 2.27. The van der Waals surface area contributed by atoms with E-state index in [2.05, 4.69) is 25.7 Å². The molecule has 78 valence electrons. The number of tetrazole rings is 1. The van der Waals surface area contributed by atoms with Gasteiger partial charge in [-0.05, 0) is 17.4 Å². The average molecular weight is 196 g/mol. The van der Waals surface area contributed by atoms with Crippen LogP contribution in [-0.4, -0.2) is 57.8 Å². The highest BCUT2D eigenvalue weighted by Crippen LogP contribution is 1.94. The second-order valence-corrected chi connectivity index (χ2v) is 3.54. The Kier molecular flexibility index (Phi) is 3.05. The van der Waals surface area contributed by atoms with Crippen molar-refractivity contribution in [3.63, 3.8) is 0 Å². The van der Waals surface area contributed by atoms with E-state index in [1.54, 1.807) is 0 Å². The maximum Gasteiger partial charge on any atom is 0.148 e. The van der Waals surface area contributed by atoms with Crippen LogP contribution in [0.4, 0.5) is 0 Å². The first-order valence-corrected chi connectivity index (χ1v) is 5.02. The van der Waals surface area contributed by atoms with Crippen molar-refractivity contribution < 1.29 is 0 Å². The molecule has 0 unspecified atom stereocenters. The molecule has 0 aliphatic carbocycles. The molecule has 1 fully saturated rings.